The van der Waals surface area contributed by atoms with Crippen LogP contribution in [0.1, 0.15) is 43.7 Å². The van der Waals surface area contributed by atoms with E-state index in [1.807, 2.05) is 50.2 Å². The Morgan fingerprint density at radius 2 is 1.59 bits per heavy atom. The molecule has 0 radical (unpaired) electrons. The number of nitrogens with one attached hydrogen (secondary N) is 1. The molecule has 2 N–H and O–H groups in total. The topological polar surface area (TPSA) is 95.9 Å². The smallest absolute Gasteiger partial charge is 0.407 e. The highest BCUT2D eigenvalue weighted by Crippen LogP contribution is 2.44. The summed E-state index contributed by atoms with van der Waals surface area (Å²) in [4.78, 5) is 37.5. The highest BCUT2D eigenvalue weighted by Gasteiger charge is 2.30. The normalized spacial score (nSPS) is 13.2. The summed E-state index contributed by atoms with van der Waals surface area (Å²) in [6.07, 6.45) is -0.375. The van der Waals surface area contributed by atoms with Crippen molar-refractivity contribution in [2.45, 2.75) is 38.6 Å². The molecule has 0 bridgehead atoms. The molecular formula is C25H30N2O5. The van der Waals surface area contributed by atoms with Crippen LogP contribution in [0.4, 0.5) is 4.79 Å². The third kappa shape index (κ3) is 5.46. The van der Waals surface area contributed by atoms with E-state index >= 15 is 0 Å². The molecule has 0 aliphatic heterocycles. The van der Waals surface area contributed by atoms with E-state index in [9.17, 15) is 14.4 Å². The lowest BCUT2D eigenvalue weighted by atomic mass is 9.98. The molecule has 7 nitrogen and oxygen atoms in total. The fourth-order valence-electron chi connectivity index (χ4n) is 4.11. The van der Waals surface area contributed by atoms with Crippen molar-refractivity contribution in [1.82, 2.24) is 10.2 Å². The molecule has 1 aliphatic rings. The second-order valence-corrected chi connectivity index (χ2v) is 8.56. The maximum absolute atomic E-state index is 12.8. The van der Waals surface area contributed by atoms with E-state index in [-0.39, 0.29) is 37.3 Å². The minimum Gasteiger partial charge on any atom is -0.481 e. The molecule has 0 fully saturated rings. The zero-order valence-electron chi connectivity index (χ0n) is 18.7. The van der Waals surface area contributed by atoms with Crippen LogP contribution in [0.2, 0.25) is 0 Å². The van der Waals surface area contributed by atoms with E-state index < -0.39 is 18.1 Å². The molecule has 2 amide bonds. The van der Waals surface area contributed by atoms with Crippen LogP contribution in [0, 0.1) is 5.92 Å². The largest absolute Gasteiger partial charge is 0.481 e. The van der Waals surface area contributed by atoms with Gasteiger partial charge in [-0.2, -0.15) is 0 Å². The Morgan fingerprint density at radius 1 is 1.03 bits per heavy atom. The van der Waals surface area contributed by atoms with Crippen molar-refractivity contribution in [2.24, 2.45) is 5.92 Å². The number of amides is 2. The summed E-state index contributed by atoms with van der Waals surface area (Å²) in [6, 6.07) is 15.4. The summed E-state index contributed by atoms with van der Waals surface area (Å²) < 4.78 is 5.56. The van der Waals surface area contributed by atoms with E-state index in [1.54, 1.807) is 0 Å². The van der Waals surface area contributed by atoms with Gasteiger partial charge >= 0.3 is 12.1 Å². The van der Waals surface area contributed by atoms with E-state index in [1.165, 1.54) is 11.9 Å². The second kappa shape index (κ2) is 10.3. The number of carbonyl (C=O) groups excluding carboxylic acids is 2. The molecule has 2 aromatic rings. The summed E-state index contributed by atoms with van der Waals surface area (Å²) in [5, 5.41) is 11.5. The lowest BCUT2D eigenvalue weighted by Gasteiger charge is -2.25. The molecule has 1 aliphatic carbocycles. The number of carbonyl (C=O) groups is 3. The summed E-state index contributed by atoms with van der Waals surface area (Å²) in [5.74, 6) is -1.21. The molecule has 3 rings (SSSR count). The average molecular weight is 439 g/mol. The molecule has 170 valence electrons. The van der Waals surface area contributed by atoms with Crippen molar-refractivity contribution in [1.29, 1.82) is 0 Å². The Kier molecular flexibility index (Phi) is 7.51. The van der Waals surface area contributed by atoms with Gasteiger partial charge in [0.05, 0.1) is 6.42 Å². The van der Waals surface area contributed by atoms with Gasteiger partial charge in [0.2, 0.25) is 5.91 Å². The minimum atomic E-state index is -0.977. The van der Waals surface area contributed by atoms with Crippen LogP contribution in [-0.2, 0) is 14.3 Å². The number of aliphatic carboxylic acids is 1. The fourth-order valence-corrected chi connectivity index (χ4v) is 4.11. The predicted molar refractivity (Wildman–Crippen MR) is 121 cm³/mol. The predicted octanol–water partition coefficient (Wildman–Crippen LogP) is 3.87. The first-order valence-corrected chi connectivity index (χ1v) is 10.9. The van der Waals surface area contributed by atoms with Crippen LogP contribution in [0.5, 0.6) is 0 Å². The van der Waals surface area contributed by atoms with E-state index in [0.717, 1.165) is 22.3 Å². The van der Waals surface area contributed by atoms with Gasteiger partial charge in [-0.25, -0.2) is 4.79 Å². The van der Waals surface area contributed by atoms with Gasteiger partial charge in [-0.3, -0.25) is 9.59 Å². The number of hydrogen-bond acceptors (Lipinski definition) is 4. The highest BCUT2D eigenvalue weighted by molar-refractivity contribution is 5.86. The number of alkyl carbamates (subject to hydrolysis) is 1. The Bertz CT molecular complexity index is 942. The summed E-state index contributed by atoms with van der Waals surface area (Å²) >= 11 is 0. The average Bonchev–Trinajstić information content (AvgIpc) is 3.08. The number of nitrogens with zero attached hydrogens (tertiary/aromatic N) is 1. The van der Waals surface area contributed by atoms with Crippen molar-refractivity contribution in [3.05, 3.63) is 59.7 Å². The lowest BCUT2D eigenvalue weighted by Crippen LogP contribution is -2.48. The molecule has 0 unspecified atom stereocenters. The van der Waals surface area contributed by atoms with Crippen molar-refractivity contribution in [3.63, 3.8) is 0 Å². The van der Waals surface area contributed by atoms with Crippen LogP contribution in [0.3, 0.4) is 0 Å². The Balaban J connectivity index is 1.65. The minimum absolute atomic E-state index is 0.0642. The number of carboxylic acids is 1. The summed E-state index contributed by atoms with van der Waals surface area (Å²) in [7, 11) is 1.54. The lowest BCUT2D eigenvalue weighted by molar-refractivity contribution is -0.138. The van der Waals surface area contributed by atoms with E-state index in [4.69, 9.17) is 9.84 Å². The number of ether oxygens (including phenoxy) is 1. The number of benzene rings is 2. The number of rotatable bonds is 9. The highest BCUT2D eigenvalue weighted by atomic mass is 16.5. The molecule has 2 aromatic carbocycles. The first-order chi connectivity index (χ1) is 15.3. The SMILES string of the molecule is CC(C)C[C@@H](NC(=O)OCC1c2ccccc2-c2ccccc21)C(=O)N(C)CCC(=O)O. The van der Waals surface area contributed by atoms with Gasteiger partial charge in [-0.1, -0.05) is 62.4 Å². The maximum Gasteiger partial charge on any atom is 0.407 e. The molecule has 7 heteroatoms. The fraction of sp³-hybridized carbons (Fsp3) is 0.400. The summed E-state index contributed by atoms with van der Waals surface area (Å²) in [6.45, 7) is 4.15. The maximum atomic E-state index is 12.8. The van der Waals surface area contributed by atoms with Gasteiger partial charge in [0.15, 0.2) is 0 Å². The van der Waals surface area contributed by atoms with Crippen molar-refractivity contribution >= 4 is 18.0 Å². The van der Waals surface area contributed by atoms with Gasteiger partial charge in [0.25, 0.3) is 0 Å². The third-order valence-electron chi connectivity index (χ3n) is 5.68. The monoisotopic (exact) mass is 438 g/mol. The Labute approximate surface area is 188 Å². The molecule has 0 saturated carbocycles. The van der Waals surface area contributed by atoms with Gasteiger partial charge < -0.3 is 20.1 Å². The van der Waals surface area contributed by atoms with Gasteiger partial charge in [0, 0.05) is 19.5 Å². The quantitative estimate of drug-likeness (QED) is 0.620. The van der Waals surface area contributed by atoms with Crippen LogP contribution in [0.15, 0.2) is 48.5 Å². The van der Waals surface area contributed by atoms with Gasteiger partial charge in [0.1, 0.15) is 12.6 Å². The molecule has 32 heavy (non-hydrogen) atoms. The van der Waals surface area contributed by atoms with Crippen molar-refractivity contribution in [2.75, 3.05) is 20.2 Å². The molecule has 0 heterocycles. The summed E-state index contributed by atoms with van der Waals surface area (Å²) in [5.41, 5.74) is 4.52. The number of fused-ring (bicyclic) bond motifs is 3. The van der Waals surface area contributed by atoms with E-state index in [2.05, 4.69) is 17.4 Å². The van der Waals surface area contributed by atoms with Gasteiger partial charge in [-0.15, -0.1) is 0 Å². The van der Waals surface area contributed by atoms with Crippen LogP contribution >= 0.6 is 0 Å². The number of likely N-dealkylation sites (N-methyl/N-ethyl adjacent to an activating group) is 1. The zero-order chi connectivity index (χ0) is 23.3. The number of hydrogen-bond donors (Lipinski definition) is 2. The Hall–Kier alpha value is -3.35. The first kappa shape index (κ1) is 23.3. The standard InChI is InChI=1S/C25H30N2O5/c1-16(2)14-22(24(30)27(3)13-12-23(28)29)26-25(31)32-15-21-19-10-6-4-8-17(19)18-9-5-7-11-20(18)21/h4-11,16,21-22H,12-15H2,1-3H3,(H,26,31)(H,28,29)/t22-/m1/s1. The van der Waals surface area contributed by atoms with Crippen LogP contribution < -0.4 is 5.32 Å². The van der Waals surface area contributed by atoms with Crippen LogP contribution in [0.25, 0.3) is 11.1 Å². The van der Waals surface area contributed by atoms with Crippen molar-refractivity contribution in [3.8, 4) is 11.1 Å². The van der Waals surface area contributed by atoms with Crippen molar-refractivity contribution < 1.29 is 24.2 Å². The molecule has 0 aromatic heterocycles. The number of carboxylic acid groups (broad SMARTS) is 1. The van der Waals surface area contributed by atoms with Gasteiger partial charge in [-0.05, 0) is 34.6 Å². The third-order valence-corrected chi connectivity index (χ3v) is 5.68. The van der Waals surface area contributed by atoms with Crippen LogP contribution in [-0.4, -0.2) is 54.2 Å². The Morgan fingerprint density at radius 3 is 2.12 bits per heavy atom. The first-order valence-electron chi connectivity index (χ1n) is 10.9. The molecule has 0 spiro atoms. The molecular weight excluding hydrogens is 408 g/mol. The zero-order valence-corrected chi connectivity index (χ0v) is 18.7. The molecule has 1 atom stereocenters. The second-order valence-electron chi connectivity index (χ2n) is 8.56. The van der Waals surface area contributed by atoms with E-state index in [0.29, 0.717) is 6.42 Å². The molecule has 0 saturated heterocycles.